The minimum absolute atomic E-state index is 0.144. The van der Waals surface area contributed by atoms with Crippen molar-refractivity contribution in [1.29, 1.82) is 5.26 Å². The normalized spacial score (nSPS) is 15.9. The predicted molar refractivity (Wildman–Crippen MR) is 166 cm³/mol. The third-order valence-electron chi connectivity index (χ3n) is 8.46. The first-order valence-electron chi connectivity index (χ1n) is 15.2. The molecule has 0 saturated carbocycles. The van der Waals surface area contributed by atoms with Crippen LogP contribution >= 0.6 is 0 Å². The van der Waals surface area contributed by atoms with Gasteiger partial charge in [0.1, 0.15) is 0 Å². The highest BCUT2D eigenvalue weighted by molar-refractivity contribution is 6.00. The summed E-state index contributed by atoms with van der Waals surface area (Å²) in [6.07, 6.45) is 4.19. The van der Waals surface area contributed by atoms with Gasteiger partial charge in [-0.25, -0.2) is 14.5 Å². The number of benzene rings is 2. The number of nitrogens with zero attached hydrogens (tertiary/aromatic N) is 6. The summed E-state index contributed by atoms with van der Waals surface area (Å²) in [5.74, 6) is -0.151. The fraction of sp³-hybridized carbons (Fsp3) is 0.412. The molecular weight excluding hydrogens is 524 g/mol. The van der Waals surface area contributed by atoms with Gasteiger partial charge < -0.3 is 14.5 Å². The van der Waals surface area contributed by atoms with Crippen LogP contribution in [0.4, 0.5) is 11.4 Å². The smallest absolute Gasteiger partial charge is 0.357 e. The van der Waals surface area contributed by atoms with Gasteiger partial charge in [0.05, 0.1) is 29.4 Å². The topological polar surface area (TPSA) is 87.3 Å². The number of carbonyl (C=O) groups is 1. The van der Waals surface area contributed by atoms with Crippen LogP contribution < -0.4 is 9.80 Å². The second kappa shape index (κ2) is 11.8. The summed E-state index contributed by atoms with van der Waals surface area (Å²) in [5.41, 5.74) is 7.03. The molecule has 0 unspecified atom stereocenters. The largest absolute Gasteiger partial charge is 0.461 e. The van der Waals surface area contributed by atoms with Crippen molar-refractivity contribution in [1.82, 2.24) is 14.8 Å². The molecule has 0 bridgehead atoms. The molecule has 2 aromatic heterocycles. The van der Waals surface area contributed by atoms with Gasteiger partial charge in [0.2, 0.25) is 0 Å². The molecule has 0 radical (unpaired) electrons. The number of fused-ring (bicyclic) bond motifs is 1. The Balaban J connectivity index is 1.47. The van der Waals surface area contributed by atoms with Crippen molar-refractivity contribution < 1.29 is 9.53 Å². The van der Waals surface area contributed by atoms with Crippen LogP contribution in [0.2, 0.25) is 0 Å². The van der Waals surface area contributed by atoms with Crippen LogP contribution in [-0.2, 0) is 4.74 Å². The predicted octanol–water partition coefficient (Wildman–Crippen LogP) is 6.73. The molecule has 2 aromatic carbocycles. The van der Waals surface area contributed by atoms with Gasteiger partial charge in [0, 0.05) is 43.5 Å². The lowest BCUT2D eigenvalue weighted by molar-refractivity contribution is 0.0520. The number of pyridine rings is 1. The average Bonchev–Trinajstić information content (AvgIpc) is 3.70. The van der Waals surface area contributed by atoms with E-state index in [4.69, 9.17) is 14.8 Å². The monoisotopic (exact) mass is 562 g/mol. The maximum Gasteiger partial charge on any atom is 0.357 e. The highest BCUT2D eigenvalue weighted by Gasteiger charge is 2.25. The second-order valence-electron chi connectivity index (χ2n) is 11.6. The Morgan fingerprint density at radius 2 is 1.67 bits per heavy atom. The second-order valence-corrected chi connectivity index (χ2v) is 11.6. The number of rotatable bonds is 7. The zero-order valence-electron chi connectivity index (χ0n) is 24.7. The number of hydrogen-bond acceptors (Lipinski definition) is 7. The van der Waals surface area contributed by atoms with Crippen molar-refractivity contribution in [2.45, 2.75) is 52.4 Å². The molecular formula is C34H38N6O2. The van der Waals surface area contributed by atoms with E-state index in [2.05, 4.69) is 78.2 Å². The molecule has 0 aliphatic carbocycles. The number of anilines is 2. The van der Waals surface area contributed by atoms with E-state index in [0.717, 1.165) is 72.6 Å². The molecule has 0 amide bonds. The lowest BCUT2D eigenvalue weighted by Crippen LogP contribution is -2.33. The number of piperidine rings is 1. The first-order chi connectivity index (χ1) is 20.5. The van der Waals surface area contributed by atoms with Crippen LogP contribution in [0.1, 0.15) is 68.6 Å². The Hall–Kier alpha value is -4.38. The van der Waals surface area contributed by atoms with Crippen LogP contribution in [0.15, 0.2) is 54.6 Å². The van der Waals surface area contributed by atoms with E-state index >= 15 is 0 Å². The maximum atomic E-state index is 13.0. The summed E-state index contributed by atoms with van der Waals surface area (Å²) in [6, 6.07) is 21.2. The molecule has 0 atom stereocenters. The van der Waals surface area contributed by atoms with Gasteiger partial charge in [-0.1, -0.05) is 32.0 Å². The molecule has 8 heteroatoms. The highest BCUT2D eigenvalue weighted by atomic mass is 16.5. The first kappa shape index (κ1) is 27.8. The Labute approximate surface area is 247 Å². The van der Waals surface area contributed by atoms with E-state index in [0.29, 0.717) is 5.65 Å². The summed E-state index contributed by atoms with van der Waals surface area (Å²) in [4.78, 5) is 22.7. The zero-order chi connectivity index (χ0) is 29.2. The van der Waals surface area contributed by atoms with E-state index in [1.807, 2.05) is 10.7 Å². The lowest BCUT2D eigenvalue weighted by atomic mass is 9.96. The molecule has 0 N–H and O–H groups in total. The molecule has 2 saturated heterocycles. The van der Waals surface area contributed by atoms with Crippen molar-refractivity contribution in [3.8, 4) is 22.9 Å². The standard InChI is InChI=1S/C34H38N6O2/c1-4-42-34(41)30-21-29(25-10-12-26(13-11-25)39-18-14-24(22-35)15-19-39)31-32(23(2)3)37-40(33(31)36-30)28-9-7-8-27(20-28)38-16-5-6-17-38/h7-13,20-21,23-24H,4-6,14-19H2,1-3H3. The van der Waals surface area contributed by atoms with Crippen molar-refractivity contribution in [3.05, 3.63) is 66.0 Å². The molecule has 216 valence electrons. The molecule has 8 nitrogen and oxygen atoms in total. The molecule has 42 heavy (non-hydrogen) atoms. The fourth-order valence-electron chi connectivity index (χ4n) is 6.18. The van der Waals surface area contributed by atoms with Crippen molar-refractivity contribution in [2.75, 3.05) is 42.6 Å². The van der Waals surface area contributed by atoms with Crippen molar-refractivity contribution in [3.63, 3.8) is 0 Å². The number of esters is 1. The van der Waals surface area contributed by atoms with Crippen LogP contribution in [0, 0.1) is 17.2 Å². The Bertz CT molecular complexity index is 1620. The van der Waals surface area contributed by atoms with Gasteiger partial charge in [-0.3, -0.25) is 0 Å². The summed E-state index contributed by atoms with van der Waals surface area (Å²) >= 11 is 0. The van der Waals surface area contributed by atoms with Gasteiger partial charge in [-0.15, -0.1) is 0 Å². The molecule has 2 fully saturated rings. The van der Waals surface area contributed by atoms with Crippen LogP contribution in [-0.4, -0.2) is 53.5 Å². The Morgan fingerprint density at radius 3 is 2.33 bits per heavy atom. The van der Waals surface area contributed by atoms with Crippen LogP contribution in [0.25, 0.3) is 27.8 Å². The first-order valence-corrected chi connectivity index (χ1v) is 15.2. The van der Waals surface area contributed by atoms with Gasteiger partial charge in [0.25, 0.3) is 0 Å². The molecule has 4 heterocycles. The van der Waals surface area contributed by atoms with E-state index in [1.165, 1.54) is 18.5 Å². The molecule has 4 aromatic rings. The van der Waals surface area contributed by atoms with Crippen molar-refractivity contribution >= 4 is 28.4 Å². The van der Waals surface area contributed by atoms with Gasteiger partial charge in [-0.05, 0) is 86.1 Å². The number of ether oxygens (including phenoxy) is 1. The summed E-state index contributed by atoms with van der Waals surface area (Å²) in [7, 11) is 0. The number of hydrogen-bond donors (Lipinski definition) is 0. The average molecular weight is 563 g/mol. The Kier molecular flexibility index (Phi) is 7.84. The summed E-state index contributed by atoms with van der Waals surface area (Å²) < 4.78 is 7.30. The summed E-state index contributed by atoms with van der Waals surface area (Å²) in [6.45, 7) is 10.2. The highest BCUT2D eigenvalue weighted by Crippen LogP contribution is 2.37. The molecule has 2 aliphatic rings. The number of nitriles is 1. The van der Waals surface area contributed by atoms with Gasteiger partial charge in [0.15, 0.2) is 11.3 Å². The van der Waals surface area contributed by atoms with E-state index < -0.39 is 5.97 Å². The lowest BCUT2D eigenvalue weighted by Gasteiger charge is -2.31. The number of carbonyl (C=O) groups excluding carboxylic acids is 1. The number of aromatic nitrogens is 3. The van der Waals surface area contributed by atoms with Crippen LogP contribution in [0.3, 0.4) is 0 Å². The van der Waals surface area contributed by atoms with Crippen LogP contribution in [0.5, 0.6) is 0 Å². The third kappa shape index (κ3) is 5.32. The quantitative estimate of drug-likeness (QED) is 0.231. The molecule has 6 rings (SSSR count). The fourth-order valence-corrected chi connectivity index (χ4v) is 6.18. The SMILES string of the molecule is CCOC(=O)c1cc(-c2ccc(N3CCC(C#N)CC3)cc2)c2c(C(C)C)nn(-c3cccc(N4CCCC4)c3)c2n1. The summed E-state index contributed by atoms with van der Waals surface area (Å²) in [5, 5.41) is 15.3. The zero-order valence-corrected chi connectivity index (χ0v) is 24.7. The minimum atomic E-state index is -0.442. The molecule has 2 aliphatic heterocycles. The molecule has 0 spiro atoms. The maximum absolute atomic E-state index is 13.0. The van der Waals surface area contributed by atoms with Crippen molar-refractivity contribution in [2.24, 2.45) is 5.92 Å². The minimum Gasteiger partial charge on any atom is -0.461 e. The van der Waals surface area contributed by atoms with E-state index in [9.17, 15) is 10.1 Å². The Morgan fingerprint density at radius 1 is 0.976 bits per heavy atom. The van der Waals surface area contributed by atoms with Gasteiger partial charge in [-0.2, -0.15) is 10.4 Å². The van der Waals surface area contributed by atoms with Gasteiger partial charge >= 0.3 is 5.97 Å². The van der Waals surface area contributed by atoms with E-state index in [-0.39, 0.29) is 24.1 Å². The third-order valence-corrected chi connectivity index (χ3v) is 8.46. The van der Waals surface area contributed by atoms with E-state index in [1.54, 1.807) is 6.92 Å².